The number of amides is 1. The van der Waals surface area contributed by atoms with Crippen LogP contribution in [0.1, 0.15) is 10.4 Å². The Hall–Kier alpha value is -1.84. The Balaban J connectivity index is 2.82. The third-order valence-corrected chi connectivity index (χ3v) is 1.63. The van der Waals surface area contributed by atoms with Crippen LogP contribution in [-0.2, 0) is 0 Å². The van der Waals surface area contributed by atoms with Gasteiger partial charge >= 0.3 is 0 Å². The van der Waals surface area contributed by atoms with Gasteiger partial charge in [-0.2, -0.15) is 0 Å². The first-order chi connectivity index (χ1) is 5.79. The van der Waals surface area contributed by atoms with Gasteiger partial charge in [0.1, 0.15) is 0 Å². The molecule has 2 N–H and O–H groups in total. The van der Waals surface area contributed by atoms with E-state index in [1.165, 1.54) is 12.5 Å². The summed E-state index contributed by atoms with van der Waals surface area (Å²) in [5.41, 5.74) is 6.01. The first kappa shape index (κ1) is 6.84. The lowest BCUT2D eigenvalue weighted by Crippen LogP contribution is -2.11. The smallest absolute Gasteiger partial charge is 0.249 e. The van der Waals surface area contributed by atoms with Crippen LogP contribution < -0.4 is 5.73 Å². The molecule has 0 aliphatic heterocycles. The molecule has 1 amide bonds. The Kier molecular flexibility index (Phi) is 1.33. The Morgan fingerprint density at radius 2 is 2.33 bits per heavy atom. The molecule has 0 bridgehead atoms. The number of hydrogen-bond acceptors (Lipinski definition) is 3. The van der Waals surface area contributed by atoms with E-state index in [1.54, 1.807) is 12.1 Å². The van der Waals surface area contributed by atoms with Crippen LogP contribution in [0.25, 0.3) is 11.1 Å². The Labute approximate surface area is 68.0 Å². The number of carbonyl (C=O) groups is 1. The molecule has 2 rings (SSSR count). The summed E-state index contributed by atoms with van der Waals surface area (Å²) < 4.78 is 4.99. The number of hydrogen-bond donors (Lipinski definition) is 1. The molecule has 4 nitrogen and oxygen atoms in total. The lowest BCUT2D eigenvalue weighted by Gasteiger charge is -1.94. The van der Waals surface area contributed by atoms with Crippen LogP contribution in [0.15, 0.2) is 29.0 Å². The third-order valence-electron chi connectivity index (χ3n) is 1.63. The van der Waals surface area contributed by atoms with Crippen LogP contribution in [0.4, 0.5) is 0 Å². The van der Waals surface area contributed by atoms with Crippen LogP contribution in [-0.4, -0.2) is 10.9 Å². The van der Waals surface area contributed by atoms with Crippen molar-refractivity contribution in [2.75, 3.05) is 0 Å². The normalized spacial score (nSPS) is 10.3. The lowest BCUT2D eigenvalue weighted by molar-refractivity contribution is 0.100. The number of nitrogens with two attached hydrogens (primary N) is 1. The predicted molar refractivity (Wildman–Crippen MR) is 42.5 cm³/mol. The molecule has 0 unspecified atom stereocenters. The highest BCUT2D eigenvalue weighted by Gasteiger charge is 2.07. The van der Waals surface area contributed by atoms with E-state index in [0.717, 1.165) is 0 Å². The van der Waals surface area contributed by atoms with Gasteiger partial charge in [0.2, 0.25) is 11.6 Å². The molecule has 0 fully saturated rings. The standard InChI is InChI=1S/C8H6N2O2/c9-7(11)5-1-3-10-8-6(5)2-4-12-8/h1-4H,(H2,9,11). The Morgan fingerprint density at radius 1 is 1.50 bits per heavy atom. The van der Waals surface area contributed by atoms with Crippen LogP contribution >= 0.6 is 0 Å². The zero-order chi connectivity index (χ0) is 8.55. The summed E-state index contributed by atoms with van der Waals surface area (Å²) in [6, 6.07) is 3.24. The highest BCUT2D eigenvalue weighted by molar-refractivity contribution is 6.04. The Bertz CT molecular complexity index is 433. The summed E-state index contributed by atoms with van der Waals surface area (Å²) in [7, 11) is 0. The van der Waals surface area contributed by atoms with Crippen molar-refractivity contribution in [3.05, 3.63) is 30.2 Å². The van der Waals surface area contributed by atoms with Gasteiger partial charge in [0, 0.05) is 6.20 Å². The monoisotopic (exact) mass is 162 g/mol. The lowest BCUT2D eigenvalue weighted by atomic mass is 10.2. The van der Waals surface area contributed by atoms with E-state index >= 15 is 0 Å². The number of nitrogens with zero attached hydrogens (tertiary/aromatic N) is 1. The number of primary amides is 1. The van der Waals surface area contributed by atoms with Crippen LogP contribution in [0.5, 0.6) is 0 Å². The zero-order valence-corrected chi connectivity index (χ0v) is 6.15. The minimum atomic E-state index is -0.469. The fourth-order valence-electron chi connectivity index (χ4n) is 1.09. The highest BCUT2D eigenvalue weighted by atomic mass is 16.3. The maximum Gasteiger partial charge on any atom is 0.249 e. The number of carbonyl (C=O) groups excluding carboxylic acids is 1. The van der Waals surface area contributed by atoms with Crippen molar-refractivity contribution in [2.45, 2.75) is 0 Å². The topological polar surface area (TPSA) is 69.1 Å². The average molecular weight is 162 g/mol. The van der Waals surface area contributed by atoms with Crippen molar-refractivity contribution >= 4 is 17.0 Å². The van der Waals surface area contributed by atoms with Gasteiger partial charge in [-0.3, -0.25) is 4.79 Å². The van der Waals surface area contributed by atoms with Crippen molar-refractivity contribution in [3.8, 4) is 0 Å². The summed E-state index contributed by atoms with van der Waals surface area (Å²) in [5.74, 6) is -0.469. The molecule has 2 aromatic rings. The van der Waals surface area contributed by atoms with Gasteiger partial charge in [-0.1, -0.05) is 0 Å². The summed E-state index contributed by atoms with van der Waals surface area (Å²) in [6.45, 7) is 0. The third kappa shape index (κ3) is 0.852. The largest absolute Gasteiger partial charge is 0.446 e. The minimum absolute atomic E-state index is 0.436. The zero-order valence-electron chi connectivity index (χ0n) is 6.15. The molecular weight excluding hydrogens is 156 g/mol. The van der Waals surface area contributed by atoms with Gasteiger partial charge in [-0.25, -0.2) is 4.98 Å². The molecule has 0 saturated carbocycles. The van der Waals surface area contributed by atoms with E-state index < -0.39 is 5.91 Å². The first-order valence-corrected chi connectivity index (χ1v) is 3.41. The van der Waals surface area contributed by atoms with E-state index in [0.29, 0.717) is 16.7 Å². The second-order valence-electron chi connectivity index (χ2n) is 2.36. The van der Waals surface area contributed by atoms with Crippen molar-refractivity contribution < 1.29 is 9.21 Å². The van der Waals surface area contributed by atoms with Crippen molar-refractivity contribution in [1.29, 1.82) is 0 Å². The van der Waals surface area contributed by atoms with Crippen LogP contribution in [0.2, 0.25) is 0 Å². The summed E-state index contributed by atoms with van der Waals surface area (Å²) >= 11 is 0. The molecule has 4 heteroatoms. The first-order valence-electron chi connectivity index (χ1n) is 3.41. The number of rotatable bonds is 1. The molecular formula is C8H6N2O2. The molecule has 0 aromatic carbocycles. The average Bonchev–Trinajstić information content (AvgIpc) is 2.49. The molecule has 0 aliphatic rings. The molecule has 0 atom stereocenters. The van der Waals surface area contributed by atoms with Crippen LogP contribution in [0, 0.1) is 0 Å². The van der Waals surface area contributed by atoms with E-state index in [9.17, 15) is 4.79 Å². The van der Waals surface area contributed by atoms with Gasteiger partial charge in [-0.15, -0.1) is 0 Å². The van der Waals surface area contributed by atoms with E-state index in [2.05, 4.69) is 4.98 Å². The fraction of sp³-hybridized carbons (Fsp3) is 0. The molecule has 2 aromatic heterocycles. The van der Waals surface area contributed by atoms with Crippen molar-refractivity contribution in [1.82, 2.24) is 4.98 Å². The molecule has 0 spiro atoms. The maximum absolute atomic E-state index is 10.9. The van der Waals surface area contributed by atoms with Gasteiger partial charge < -0.3 is 10.2 Å². The van der Waals surface area contributed by atoms with Gasteiger partial charge in [-0.05, 0) is 12.1 Å². The summed E-state index contributed by atoms with van der Waals surface area (Å²) in [5, 5.41) is 0.657. The number of furan rings is 1. The van der Waals surface area contributed by atoms with Crippen molar-refractivity contribution in [2.24, 2.45) is 5.73 Å². The number of pyridine rings is 1. The Morgan fingerprint density at radius 3 is 3.08 bits per heavy atom. The molecule has 0 radical (unpaired) electrons. The van der Waals surface area contributed by atoms with Gasteiger partial charge in [0.15, 0.2) is 0 Å². The van der Waals surface area contributed by atoms with E-state index in [-0.39, 0.29) is 0 Å². The number of fused-ring (bicyclic) bond motifs is 1. The predicted octanol–water partition coefficient (Wildman–Crippen LogP) is 0.927. The highest BCUT2D eigenvalue weighted by Crippen LogP contribution is 2.16. The minimum Gasteiger partial charge on any atom is -0.446 e. The molecule has 2 heterocycles. The van der Waals surface area contributed by atoms with Gasteiger partial charge in [0.25, 0.3) is 0 Å². The van der Waals surface area contributed by atoms with E-state index in [1.807, 2.05) is 0 Å². The molecule has 60 valence electrons. The maximum atomic E-state index is 10.9. The number of aromatic nitrogens is 1. The molecule has 12 heavy (non-hydrogen) atoms. The van der Waals surface area contributed by atoms with Crippen LogP contribution in [0.3, 0.4) is 0 Å². The second-order valence-corrected chi connectivity index (χ2v) is 2.36. The van der Waals surface area contributed by atoms with Gasteiger partial charge in [0.05, 0.1) is 17.2 Å². The second kappa shape index (κ2) is 2.34. The molecule has 0 aliphatic carbocycles. The van der Waals surface area contributed by atoms with E-state index in [4.69, 9.17) is 10.2 Å². The fourth-order valence-corrected chi connectivity index (χ4v) is 1.09. The SMILES string of the molecule is NC(=O)c1ccnc2occc12. The van der Waals surface area contributed by atoms with Crippen molar-refractivity contribution in [3.63, 3.8) is 0 Å². The molecule has 0 saturated heterocycles. The quantitative estimate of drug-likeness (QED) is 0.678. The summed E-state index contributed by atoms with van der Waals surface area (Å²) in [4.78, 5) is 14.8. The summed E-state index contributed by atoms with van der Waals surface area (Å²) in [6.07, 6.45) is 2.97.